The van der Waals surface area contributed by atoms with Crippen molar-refractivity contribution in [1.29, 1.82) is 0 Å². The van der Waals surface area contributed by atoms with Gasteiger partial charge in [-0.2, -0.15) is 0 Å². The zero-order valence-corrected chi connectivity index (χ0v) is 18.9. The average molecular weight is 478 g/mol. The van der Waals surface area contributed by atoms with Crippen LogP contribution in [0.15, 0.2) is 41.2 Å². The maximum atomic E-state index is 13.0. The Bertz CT molecular complexity index is 998. The monoisotopic (exact) mass is 477 g/mol. The number of rotatable bonds is 12. The molecule has 1 aromatic carbocycles. The molecule has 2 aromatic rings. The van der Waals surface area contributed by atoms with Gasteiger partial charge in [0.25, 0.3) is 11.8 Å². The molecule has 0 bridgehead atoms. The van der Waals surface area contributed by atoms with E-state index in [-0.39, 0.29) is 32.2 Å². The molecule has 1 aliphatic carbocycles. The number of amides is 2. The van der Waals surface area contributed by atoms with Crippen molar-refractivity contribution in [1.82, 2.24) is 15.6 Å². The van der Waals surface area contributed by atoms with Gasteiger partial charge in [0.05, 0.1) is 17.7 Å². The molecule has 1 fully saturated rings. The fraction of sp³-hybridized carbons (Fsp3) is 0.435. The molecular weight excluding hydrogens is 452 g/mol. The Labute approximate surface area is 194 Å². The summed E-state index contributed by atoms with van der Waals surface area (Å²) in [6.07, 6.45) is -0.690. The zero-order valence-electron chi connectivity index (χ0n) is 18.1. The van der Waals surface area contributed by atoms with E-state index in [1.54, 1.807) is 41.2 Å². The van der Waals surface area contributed by atoms with Gasteiger partial charge in [-0.3, -0.25) is 19.2 Å². The van der Waals surface area contributed by atoms with Crippen LogP contribution >= 0.6 is 11.3 Å². The summed E-state index contributed by atoms with van der Waals surface area (Å²) in [5, 5.41) is 6.81. The molecule has 2 N–H and O–H groups in total. The van der Waals surface area contributed by atoms with Crippen LogP contribution in [0.3, 0.4) is 0 Å². The lowest BCUT2D eigenvalue weighted by molar-refractivity contribution is -0.140. The number of halogens is 2. The van der Waals surface area contributed by atoms with Gasteiger partial charge in [-0.1, -0.05) is 37.3 Å². The van der Waals surface area contributed by atoms with E-state index in [0.29, 0.717) is 5.69 Å². The van der Waals surface area contributed by atoms with Gasteiger partial charge in [0.15, 0.2) is 0 Å². The Balaban J connectivity index is 1.60. The van der Waals surface area contributed by atoms with Gasteiger partial charge >= 0.3 is 0 Å². The van der Waals surface area contributed by atoms with Crippen molar-refractivity contribution in [2.45, 2.75) is 51.1 Å². The van der Waals surface area contributed by atoms with Crippen LogP contribution in [0.1, 0.15) is 37.4 Å². The van der Waals surface area contributed by atoms with Crippen molar-refractivity contribution in [3.63, 3.8) is 0 Å². The predicted octanol–water partition coefficient (Wildman–Crippen LogP) is 2.70. The fourth-order valence-electron chi connectivity index (χ4n) is 3.40. The van der Waals surface area contributed by atoms with Crippen molar-refractivity contribution in [2.24, 2.45) is 11.8 Å². The molecule has 3 rings (SSSR count). The van der Waals surface area contributed by atoms with Gasteiger partial charge in [-0.25, -0.2) is 13.8 Å². The molecule has 0 spiro atoms. The van der Waals surface area contributed by atoms with E-state index in [9.17, 15) is 28.0 Å². The summed E-state index contributed by atoms with van der Waals surface area (Å²) in [5.41, 5.74) is 2.95. The number of nitrogens with one attached hydrogen (secondary N) is 2. The predicted molar refractivity (Wildman–Crippen MR) is 118 cm³/mol. The molecule has 0 aliphatic heterocycles. The number of aromatic nitrogens is 1. The number of Topliss-reactive ketones (excluding diaryl/α,β-unsaturated/α-hetero) is 2. The van der Waals surface area contributed by atoms with Gasteiger partial charge in [-0.15, -0.1) is 11.3 Å². The first-order valence-corrected chi connectivity index (χ1v) is 11.5. The molecule has 33 heavy (non-hydrogen) atoms. The summed E-state index contributed by atoms with van der Waals surface area (Å²) in [5.74, 6) is -7.26. The second-order valence-electron chi connectivity index (χ2n) is 8.29. The van der Waals surface area contributed by atoms with E-state index in [2.05, 4.69) is 15.6 Å². The van der Waals surface area contributed by atoms with Gasteiger partial charge in [0.2, 0.25) is 11.7 Å². The van der Waals surface area contributed by atoms with Gasteiger partial charge in [-0.05, 0) is 5.56 Å². The lowest BCUT2D eigenvalue weighted by Gasteiger charge is -2.20. The highest BCUT2D eigenvalue weighted by Crippen LogP contribution is 2.50. The standard InChI is InChI=1S/C23H25F2N3O4S/c1-14(7-18(29)9-16-10-23(16,24)25)21(31)28-19(8-15-5-3-2-4-6-15)20(30)22(32)26-11-17-12-33-13-27-17/h2-6,12-14,16,19H,7-11H2,1H3,(H,26,32)(H,28,31)/t14-,16?,19+/m0/s1. The summed E-state index contributed by atoms with van der Waals surface area (Å²) in [7, 11) is 0. The Morgan fingerprint density at radius 3 is 2.52 bits per heavy atom. The summed E-state index contributed by atoms with van der Waals surface area (Å²) < 4.78 is 26.1. The minimum atomic E-state index is -2.79. The molecule has 10 heteroatoms. The smallest absolute Gasteiger partial charge is 0.289 e. The van der Waals surface area contributed by atoms with Crippen molar-refractivity contribution < 1.29 is 28.0 Å². The van der Waals surface area contributed by atoms with Crippen LogP contribution in [0.4, 0.5) is 8.78 Å². The molecule has 0 radical (unpaired) electrons. The fourth-order valence-corrected chi connectivity index (χ4v) is 3.96. The highest BCUT2D eigenvalue weighted by molar-refractivity contribution is 7.07. The second kappa shape index (κ2) is 10.7. The molecule has 1 aliphatic rings. The molecular formula is C23H25F2N3O4S. The van der Waals surface area contributed by atoms with E-state index in [1.165, 1.54) is 18.3 Å². The number of hydrogen-bond donors (Lipinski definition) is 2. The third kappa shape index (κ3) is 7.24. The van der Waals surface area contributed by atoms with Crippen LogP contribution < -0.4 is 10.6 Å². The van der Waals surface area contributed by atoms with Crippen LogP contribution in [0.5, 0.6) is 0 Å². The Morgan fingerprint density at radius 2 is 1.91 bits per heavy atom. The van der Waals surface area contributed by atoms with Crippen molar-refractivity contribution in [3.8, 4) is 0 Å². The summed E-state index contributed by atoms with van der Waals surface area (Å²) in [6.45, 7) is 1.57. The van der Waals surface area contributed by atoms with Gasteiger partial charge in [0, 0.05) is 42.9 Å². The quantitative estimate of drug-likeness (QED) is 0.458. The van der Waals surface area contributed by atoms with E-state index in [4.69, 9.17) is 0 Å². The number of ketones is 2. The summed E-state index contributed by atoms with van der Waals surface area (Å²) in [4.78, 5) is 54.0. The third-order valence-corrected chi connectivity index (χ3v) is 6.10. The topological polar surface area (TPSA) is 105 Å². The van der Waals surface area contributed by atoms with Crippen LogP contribution in [0.25, 0.3) is 0 Å². The lowest BCUT2D eigenvalue weighted by Crippen LogP contribution is -2.50. The number of hydrogen-bond acceptors (Lipinski definition) is 6. The van der Waals surface area contributed by atoms with Crippen LogP contribution in [-0.2, 0) is 32.1 Å². The largest absolute Gasteiger partial charge is 0.345 e. The molecule has 7 nitrogen and oxygen atoms in total. The van der Waals surface area contributed by atoms with Crippen molar-refractivity contribution in [2.75, 3.05) is 0 Å². The molecule has 1 unspecified atom stereocenters. The SMILES string of the molecule is C[C@@H](CC(=O)CC1CC1(F)F)C(=O)N[C@H](Cc1ccccc1)C(=O)C(=O)NCc1cscn1. The number of carbonyl (C=O) groups excluding carboxylic acids is 4. The van der Waals surface area contributed by atoms with E-state index >= 15 is 0 Å². The first-order chi connectivity index (χ1) is 15.7. The minimum Gasteiger partial charge on any atom is -0.345 e. The highest BCUT2D eigenvalue weighted by atomic mass is 32.1. The molecule has 1 saturated carbocycles. The molecule has 176 valence electrons. The zero-order chi connectivity index (χ0) is 24.0. The average Bonchev–Trinajstić information content (AvgIpc) is 3.15. The Morgan fingerprint density at radius 1 is 1.21 bits per heavy atom. The Kier molecular flexibility index (Phi) is 8.01. The number of alkyl halides is 2. The normalized spacial score (nSPS) is 18.1. The number of carbonyl (C=O) groups is 4. The third-order valence-electron chi connectivity index (χ3n) is 5.46. The van der Waals surface area contributed by atoms with Gasteiger partial charge < -0.3 is 10.6 Å². The molecule has 2 amide bonds. The molecule has 1 aromatic heterocycles. The number of nitrogens with zero attached hydrogens (tertiary/aromatic N) is 1. The lowest BCUT2D eigenvalue weighted by atomic mass is 9.97. The van der Waals surface area contributed by atoms with Crippen molar-refractivity contribution >= 4 is 34.7 Å². The van der Waals surface area contributed by atoms with Crippen molar-refractivity contribution in [3.05, 3.63) is 52.5 Å². The van der Waals surface area contributed by atoms with Crippen LogP contribution in [-0.4, -0.2) is 40.3 Å². The molecule has 1 heterocycles. The number of thiazole rings is 1. The molecule has 3 atom stereocenters. The van der Waals surface area contributed by atoms with E-state index in [0.717, 1.165) is 5.56 Å². The summed E-state index contributed by atoms with van der Waals surface area (Å²) in [6, 6.07) is 7.74. The highest BCUT2D eigenvalue weighted by Gasteiger charge is 2.57. The maximum Gasteiger partial charge on any atom is 0.289 e. The first-order valence-electron chi connectivity index (χ1n) is 10.6. The first kappa shape index (κ1) is 24.6. The van der Waals surface area contributed by atoms with Crippen LogP contribution in [0.2, 0.25) is 0 Å². The second-order valence-corrected chi connectivity index (χ2v) is 9.01. The van der Waals surface area contributed by atoms with E-state index < -0.39 is 47.2 Å². The minimum absolute atomic E-state index is 0.0801. The van der Waals surface area contributed by atoms with E-state index in [1.807, 2.05) is 0 Å². The number of benzene rings is 1. The van der Waals surface area contributed by atoms with Crippen LogP contribution in [0, 0.1) is 11.8 Å². The summed E-state index contributed by atoms with van der Waals surface area (Å²) >= 11 is 1.36. The van der Waals surface area contributed by atoms with Gasteiger partial charge in [0.1, 0.15) is 11.8 Å². The Hall–Kier alpha value is -3.01. The molecule has 0 saturated heterocycles. The maximum absolute atomic E-state index is 13.0.